The minimum atomic E-state index is -1.21. The van der Waals surface area contributed by atoms with E-state index in [2.05, 4.69) is 0 Å². The van der Waals surface area contributed by atoms with E-state index in [4.69, 9.17) is 10.8 Å². The van der Waals surface area contributed by atoms with Gasteiger partial charge in [-0.1, -0.05) is 25.1 Å². The van der Waals surface area contributed by atoms with Crippen molar-refractivity contribution in [3.05, 3.63) is 35.6 Å². The molecule has 4 heteroatoms. The largest absolute Gasteiger partial charge is 0.480 e. The summed E-state index contributed by atoms with van der Waals surface area (Å²) in [7, 11) is 0. The van der Waals surface area contributed by atoms with Crippen LogP contribution in [0, 0.1) is 11.7 Å². The Morgan fingerprint density at radius 3 is 2.67 bits per heavy atom. The standard InChI is InChI=1S/C14H20FNO2/c1-10(9-14(2,16)13(17)18)7-8-11-5-3-4-6-12(11)15/h3-6,10H,7-9,16H2,1-2H3,(H,17,18). The number of carboxylic acid groups (broad SMARTS) is 1. The van der Waals surface area contributed by atoms with Crippen LogP contribution in [0.2, 0.25) is 0 Å². The average Bonchev–Trinajstić information content (AvgIpc) is 2.27. The Balaban J connectivity index is 2.50. The van der Waals surface area contributed by atoms with Gasteiger partial charge in [0.25, 0.3) is 0 Å². The summed E-state index contributed by atoms with van der Waals surface area (Å²) < 4.78 is 13.4. The lowest BCUT2D eigenvalue weighted by atomic mass is 9.87. The summed E-state index contributed by atoms with van der Waals surface area (Å²) in [6.45, 7) is 3.45. The molecule has 0 amide bonds. The second kappa shape index (κ2) is 5.96. The molecule has 18 heavy (non-hydrogen) atoms. The predicted octanol–water partition coefficient (Wildman–Crippen LogP) is 2.59. The monoisotopic (exact) mass is 253 g/mol. The second-order valence-electron chi connectivity index (χ2n) is 5.16. The van der Waals surface area contributed by atoms with Gasteiger partial charge in [0.15, 0.2) is 0 Å². The zero-order chi connectivity index (χ0) is 13.8. The van der Waals surface area contributed by atoms with Gasteiger partial charge >= 0.3 is 5.97 Å². The normalized spacial score (nSPS) is 16.0. The number of rotatable bonds is 6. The van der Waals surface area contributed by atoms with Crippen molar-refractivity contribution in [1.82, 2.24) is 0 Å². The van der Waals surface area contributed by atoms with E-state index in [1.807, 2.05) is 6.92 Å². The summed E-state index contributed by atoms with van der Waals surface area (Å²) in [6, 6.07) is 6.64. The molecular weight excluding hydrogens is 233 g/mol. The zero-order valence-corrected chi connectivity index (χ0v) is 10.8. The van der Waals surface area contributed by atoms with Crippen LogP contribution in [0.4, 0.5) is 4.39 Å². The molecule has 0 saturated heterocycles. The average molecular weight is 253 g/mol. The molecule has 0 aliphatic rings. The molecule has 0 fully saturated rings. The van der Waals surface area contributed by atoms with Crippen molar-refractivity contribution in [2.75, 3.05) is 0 Å². The van der Waals surface area contributed by atoms with Crippen molar-refractivity contribution in [2.45, 2.75) is 38.6 Å². The summed E-state index contributed by atoms with van der Waals surface area (Å²) in [5, 5.41) is 8.93. The fourth-order valence-corrected chi connectivity index (χ4v) is 2.02. The molecule has 100 valence electrons. The molecule has 3 nitrogen and oxygen atoms in total. The van der Waals surface area contributed by atoms with E-state index in [9.17, 15) is 9.18 Å². The Labute approximate surface area is 107 Å². The molecule has 1 aromatic rings. The Kier molecular flexibility index (Phi) is 4.84. The maximum atomic E-state index is 13.4. The molecule has 0 heterocycles. The third-order valence-corrected chi connectivity index (χ3v) is 3.13. The van der Waals surface area contributed by atoms with Gasteiger partial charge in [-0.15, -0.1) is 0 Å². The minimum Gasteiger partial charge on any atom is -0.480 e. The highest BCUT2D eigenvalue weighted by atomic mass is 19.1. The number of carboxylic acids is 1. The first kappa shape index (κ1) is 14.6. The van der Waals surface area contributed by atoms with Gasteiger partial charge in [-0.05, 0) is 43.7 Å². The number of benzene rings is 1. The highest BCUT2D eigenvalue weighted by molar-refractivity contribution is 5.77. The van der Waals surface area contributed by atoms with Gasteiger partial charge in [0.1, 0.15) is 11.4 Å². The van der Waals surface area contributed by atoms with E-state index in [0.717, 1.165) is 6.42 Å². The third kappa shape index (κ3) is 4.11. The van der Waals surface area contributed by atoms with Crippen LogP contribution in [0.15, 0.2) is 24.3 Å². The maximum Gasteiger partial charge on any atom is 0.323 e. The minimum absolute atomic E-state index is 0.135. The predicted molar refractivity (Wildman–Crippen MR) is 68.7 cm³/mol. The molecule has 0 spiro atoms. The van der Waals surface area contributed by atoms with Crippen LogP contribution >= 0.6 is 0 Å². The molecule has 1 aromatic carbocycles. The number of halogens is 1. The number of aryl methyl sites for hydroxylation is 1. The van der Waals surface area contributed by atoms with Gasteiger partial charge in [-0.3, -0.25) is 4.79 Å². The topological polar surface area (TPSA) is 63.3 Å². The molecule has 0 aliphatic carbocycles. The highest BCUT2D eigenvalue weighted by Gasteiger charge is 2.29. The number of nitrogens with two attached hydrogens (primary N) is 1. The second-order valence-corrected chi connectivity index (χ2v) is 5.16. The van der Waals surface area contributed by atoms with E-state index in [-0.39, 0.29) is 11.7 Å². The molecule has 2 atom stereocenters. The Morgan fingerprint density at radius 1 is 1.50 bits per heavy atom. The lowest BCUT2D eigenvalue weighted by Crippen LogP contribution is -2.46. The van der Waals surface area contributed by atoms with Gasteiger partial charge in [0, 0.05) is 0 Å². The van der Waals surface area contributed by atoms with Crippen LogP contribution in [-0.4, -0.2) is 16.6 Å². The summed E-state index contributed by atoms with van der Waals surface area (Å²) in [5.74, 6) is -1.07. The SMILES string of the molecule is CC(CCc1ccccc1F)CC(C)(N)C(=O)O. The maximum absolute atomic E-state index is 13.4. The Bertz CT molecular complexity index is 418. The fourth-order valence-electron chi connectivity index (χ4n) is 2.02. The Hall–Kier alpha value is -1.42. The number of hydrogen-bond acceptors (Lipinski definition) is 2. The van der Waals surface area contributed by atoms with Crippen LogP contribution < -0.4 is 5.73 Å². The van der Waals surface area contributed by atoms with E-state index in [1.165, 1.54) is 13.0 Å². The number of hydrogen-bond donors (Lipinski definition) is 2. The smallest absolute Gasteiger partial charge is 0.323 e. The van der Waals surface area contributed by atoms with Gasteiger partial charge in [0.05, 0.1) is 0 Å². The molecule has 1 rings (SSSR count). The first-order chi connectivity index (χ1) is 8.33. The first-order valence-electron chi connectivity index (χ1n) is 6.08. The van der Waals surface area contributed by atoms with Crippen LogP contribution in [0.5, 0.6) is 0 Å². The lowest BCUT2D eigenvalue weighted by molar-refractivity contribution is -0.143. The van der Waals surface area contributed by atoms with Crippen molar-refractivity contribution < 1.29 is 14.3 Å². The number of aliphatic carboxylic acids is 1. The van der Waals surface area contributed by atoms with Gasteiger partial charge in [-0.25, -0.2) is 4.39 Å². The van der Waals surface area contributed by atoms with Crippen LogP contribution in [-0.2, 0) is 11.2 Å². The zero-order valence-electron chi connectivity index (χ0n) is 10.8. The fraction of sp³-hybridized carbons (Fsp3) is 0.500. The van der Waals surface area contributed by atoms with Gasteiger partial charge in [0.2, 0.25) is 0 Å². The molecule has 0 radical (unpaired) electrons. The molecule has 0 bridgehead atoms. The number of carbonyl (C=O) groups is 1. The molecule has 0 aliphatic heterocycles. The van der Waals surface area contributed by atoms with Crippen molar-refractivity contribution in [2.24, 2.45) is 11.7 Å². The molecule has 0 aromatic heterocycles. The van der Waals surface area contributed by atoms with Gasteiger partial charge < -0.3 is 10.8 Å². The Morgan fingerprint density at radius 2 is 2.11 bits per heavy atom. The molecular formula is C14H20FNO2. The highest BCUT2D eigenvalue weighted by Crippen LogP contribution is 2.20. The van der Waals surface area contributed by atoms with E-state index < -0.39 is 11.5 Å². The van der Waals surface area contributed by atoms with Crippen molar-refractivity contribution >= 4 is 5.97 Å². The third-order valence-electron chi connectivity index (χ3n) is 3.13. The van der Waals surface area contributed by atoms with Crippen LogP contribution in [0.1, 0.15) is 32.3 Å². The van der Waals surface area contributed by atoms with Crippen LogP contribution in [0.25, 0.3) is 0 Å². The van der Waals surface area contributed by atoms with Crippen molar-refractivity contribution in [3.63, 3.8) is 0 Å². The summed E-state index contributed by atoms with van der Waals surface area (Å²) >= 11 is 0. The van der Waals surface area contributed by atoms with Crippen LogP contribution in [0.3, 0.4) is 0 Å². The van der Waals surface area contributed by atoms with E-state index >= 15 is 0 Å². The van der Waals surface area contributed by atoms with E-state index in [1.54, 1.807) is 18.2 Å². The summed E-state index contributed by atoms with van der Waals surface area (Å²) in [4.78, 5) is 10.9. The first-order valence-corrected chi connectivity index (χ1v) is 6.08. The lowest BCUT2D eigenvalue weighted by Gasteiger charge is -2.23. The van der Waals surface area contributed by atoms with Crippen molar-refractivity contribution in [1.29, 1.82) is 0 Å². The molecule has 3 N–H and O–H groups in total. The molecule has 0 saturated carbocycles. The van der Waals surface area contributed by atoms with Gasteiger partial charge in [-0.2, -0.15) is 0 Å². The summed E-state index contributed by atoms with van der Waals surface area (Å²) in [6.07, 6.45) is 1.71. The quantitative estimate of drug-likeness (QED) is 0.819. The summed E-state index contributed by atoms with van der Waals surface area (Å²) in [5.41, 5.74) is 5.14. The van der Waals surface area contributed by atoms with Crippen molar-refractivity contribution in [3.8, 4) is 0 Å². The van der Waals surface area contributed by atoms with E-state index in [0.29, 0.717) is 18.4 Å². The molecule has 2 unspecified atom stereocenters.